The van der Waals surface area contributed by atoms with E-state index in [0.717, 1.165) is 17.4 Å². The van der Waals surface area contributed by atoms with Gasteiger partial charge >= 0.3 is 0 Å². The normalized spacial score (nSPS) is 18.6. The van der Waals surface area contributed by atoms with Crippen LogP contribution in [0.3, 0.4) is 0 Å². The SMILES string of the molecule is CSc1cc(NCC2(C)CCCC2)ncn1. The summed E-state index contributed by atoms with van der Waals surface area (Å²) in [5.74, 6) is 0.951. The molecule has 0 saturated heterocycles. The van der Waals surface area contributed by atoms with Crippen molar-refractivity contribution in [2.45, 2.75) is 37.6 Å². The highest BCUT2D eigenvalue weighted by atomic mass is 32.2. The molecule has 1 aliphatic rings. The van der Waals surface area contributed by atoms with Gasteiger partial charge in [0.05, 0.1) is 0 Å². The van der Waals surface area contributed by atoms with E-state index in [9.17, 15) is 0 Å². The first kappa shape index (κ1) is 11.7. The van der Waals surface area contributed by atoms with Crippen molar-refractivity contribution in [2.24, 2.45) is 5.41 Å². The lowest BCUT2D eigenvalue weighted by Gasteiger charge is -2.23. The number of thioether (sulfide) groups is 1. The van der Waals surface area contributed by atoms with Gasteiger partial charge in [-0.05, 0) is 24.5 Å². The molecule has 3 nitrogen and oxygen atoms in total. The van der Waals surface area contributed by atoms with E-state index < -0.39 is 0 Å². The van der Waals surface area contributed by atoms with Gasteiger partial charge < -0.3 is 5.32 Å². The molecule has 1 N–H and O–H groups in total. The Morgan fingerprint density at radius 2 is 2.12 bits per heavy atom. The quantitative estimate of drug-likeness (QED) is 0.644. The first-order valence-corrected chi connectivity index (χ1v) is 7.04. The Labute approximate surface area is 101 Å². The number of hydrogen-bond donors (Lipinski definition) is 1. The molecule has 0 amide bonds. The van der Waals surface area contributed by atoms with Crippen LogP contribution in [0.2, 0.25) is 0 Å². The Balaban J connectivity index is 1.93. The van der Waals surface area contributed by atoms with Gasteiger partial charge in [-0.25, -0.2) is 9.97 Å². The van der Waals surface area contributed by atoms with Crippen LogP contribution in [-0.2, 0) is 0 Å². The average molecular weight is 237 g/mol. The minimum atomic E-state index is 0.463. The topological polar surface area (TPSA) is 37.8 Å². The summed E-state index contributed by atoms with van der Waals surface area (Å²) in [6.45, 7) is 3.39. The number of anilines is 1. The Hall–Kier alpha value is -0.770. The van der Waals surface area contributed by atoms with Crippen LogP contribution < -0.4 is 5.32 Å². The Morgan fingerprint density at radius 3 is 2.81 bits per heavy atom. The monoisotopic (exact) mass is 237 g/mol. The third-order valence-electron chi connectivity index (χ3n) is 3.36. The summed E-state index contributed by atoms with van der Waals surface area (Å²) in [7, 11) is 0. The molecule has 1 heterocycles. The Bertz CT molecular complexity index is 348. The molecule has 0 bridgehead atoms. The first-order valence-electron chi connectivity index (χ1n) is 5.82. The highest BCUT2D eigenvalue weighted by Gasteiger charge is 2.28. The van der Waals surface area contributed by atoms with Crippen LogP contribution in [0.1, 0.15) is 32.6 Å². The van der Waals surface area contributed by atoms with Gasteiger partial charge in [0, 0.05) is 12.6 Å². The van der Waals surface area contributed by atoms with Gasteiger partial charge in [0.2, 0.25) is 0 Å². The summed E-state index contributed by atoms with van der Waals surface area (Å²) in [5, 5.41) is 4.46. The summed E-state index contributed by atoms with van der Waals surface area (Å²) in [5.41, 5.74) is 0.463. The van der Waals surface area contributed by atoms with Crippen molar-refractivity contribution in [2.75, 3.05) is 18.1 Å². The van der Waals surface area contributed by atoms with E-state index in [0.29, 0.717) is 5.41 Å². The van der Waals surface area contributed by atoms with Crippen LogP contribution in [0.4, 0.5) is 5.82 Å². The lowest BCUT2D eigenvalue weighted by molar-refractivity contribution is 0.361. The van der Waals surface area contributed by atoms with E-state index in [2.05, 4.69) is 22.2 Å². The predicted octanol–water partition coefficient (Wildman–Crippen LogP) is 3.19. The maximum Gasteiger partial charge on any atom is 0.130 e. The lowest BCUT2D eigenvalue weighted by Crippen LogP contribution is -2.23. The number of nitrogens with zero attached hydrogens (tertiary/aromatic N) is 2. The van der Waals surface area contributed by atoms with E-state index >= 15 is 0 Å². The van der Waals surface area contributed by atoms with Crippen molar-refractivity contribution in [3.8, 4) is 0 Å². The zero-order chi connectivity index (χ0) is 11.4. The molecular weight excluding hydrogens is 218 g/mol. The van der Waals surface area contributed by atoms with Crippen LogP contribution in [0.15, 0.2) is 17.4 Å². The van der Waals surface area contributed by atoms with Gasteiger partial charge in [-0.3, -0.25) is 0 Å². The average Bonchev–Trinajstić information content (AvgIpc) is 2.75. The molecule has 0 unspecified atom stereocenters. The maximum absolute atomic E-state index is 4.24. The molecule has 0 atom stereocenters. The third-order valence-corrected chi connectivity index (χ3v) is 4.00. The second-order valence-electron chi connectivity index (χ2n) is 4.82. The molecule has 1 aromatic heterocycles. The third kappa shape index (κ3) is 2.88. The zero-order valence-corrected chi connectivity index (χ0v) is 10.8. The van der Waals surface area contributed by atoms with Crippen LogP contribution in [-0.4, -0.2) is 22.8 Å². The summed E-state index contributed by atoms with van der Waals surface area (Å²) in [6, 6.07) is 2.02. The van der Waals surface area contributed by atoms with Crippen molar-refractivity contribution < 1.29 is 0 Å². The Morgan fingerprint density at radius 1 is 1.38 bits per heavy atom. The molecule has 88 valence electrons. The summed E-state index contributed by atoms with van der Waals surface area (Å²) < 4.78 is 0. The molecule has 0 aromatic carbocycles. The summed E-state index contributed by atoms with van der Waals surface area (Å²) >= 11 is 1.65. The van der Waals surface area contributed by atoms with E-state index in [1.807, 2.05) is 12.3 Å². The fraction of sp³-hybridized carbons (Fsp3) is 0.667. The highest BCUT2D eigenvalue weighted by molar-refractivity contribution is 7.98. The fourth-order valence-electron chi connectivity index (χ4n) is 2.26. The van der Waals surface area contributed by atoms with Gasteiger partial charge in [0.15, 0.2) is 0 Å². The molecule has 1 aliphatic carbocycles. The second-order valence-corrected chi connectivity index (χ2v) is 5.64. The molecule has 16 heavy (non-hydrogen) atoms. The van der Waals surface area contributed by atoms with Crippen molar-refractivity contribution >= 4 is 17.6 Å². The van der Waals surface area contributed by atoms with Crippen molar-refractivity contribution in [3.63, 3.8) is 0 Å². The minimum absolute atomic E-state index is 0.463. The van der Waals surface area contributed by atoms with Crippen LogP contribution in [0.5, 0.6) is 0 Å². The molecule has 1 fully saturated rings. The summed E-state index contributed by atoms with van der Waals surface area (Å²) in [6.07, 6.45) is 9.08. The van der Waals surface area contributed by atoms with Crippen LogP contribution in [0.25, 0.3) is 0 Å². The predicted molar refractivity (Wildman–Crippen MR) is 68.9 cm³/mol. The van der Waals surface area contributed by atoms with Gasteiger partial charge in [-0.1, -0.05) is 19.8 Å². The van der Waals surface area contributed by atoms with Crippen LogP contribution in [0, 0.1) is 5.41 Å². The van der Waals surface area contributed by atoms with E-state index in [-0.39, 0.29) is 0 Å². The van der Waals surface area contributed by atoms with Crippen molar-refractivity contribution in [3.05, 3.63) is 12.4 Å². The number of hydrogen-bond acceptors (Lipinski definition) is 4. The smallest absolute Gasteiger partial charge is 0.130 e. The number of rotatable bonds is 4. The van der Waals surface area contributed by atoms with Crippen LogP contribution >= 0.6 is 11.8 Å². The van der Waals surface area contributed by atoms with Gasteiger partial charge in [-0.15, -0.1) is 11.8 Å². The highest BCUT2D eigenvalue weighted by Crippen LogP contribution is 2.37. The minimum Gasteiger partial charge on any atom is -0.369 e. The van der Waals surface area contributed by atoms with E-state index in [1.165, 1.54) is 25.7 Å². The van der Waals surface area contributed by atoms with Gasteiger partial charge in [-0.2, -0.15) is 0 Å². The van der Waals surface area contributed by atoms with E-state index in [1.54, 1.807) is 18.1 Å². The fourth-order valence-corrected chi connectivity index (χ4v) is 2.64. The summed E-state index contributed by atoms with van der Waals surface area (Å²) in [4.78, 5) is 8.41. The van der Waals surface area contributed by atoms with Gasteiger partial charge in [0.1, 0.15) is 17.2 Å². The standard InChI is InChI=1S/C12H19N3S/c1-12(5-3-4-6-12)8-13-10-7-11(16-2)15-9-14-10/h7,9H,3-6,8H2,1-2H3,(H,13,14,15). The second kappa shape index (κ2) is 5.04. The lowest BCUT2D eigenvalue weighted by atomic mass is 9.89. The Kier molecular flexibility index (Phi) is 3.69. The van der Waals surface area contributed by atoms with Crippen molar-refractivity contribution in [1.29, 1.82) is 0 Å². The molecule has 0 radical (unpaired) electrons. The van der Waals surface area contributed by atoms with E-state index in [4.69, 9.17) is 0 Å². The van der Waals surface area contributed by atoms with Gasteiger partial charge in [0.25, 0.3) is 0 Å². The first-order chi connectivity index (χ1) is 7.72. The largest absolute Gasteiger partial charge is 0.369 e. The zero-order valence-electron chi connectivity index (χ0n) is 9.99. The molecular formula is C12H19N3S. The number of nitrogens with one attached hydrogen (secondary N) is 1. The molecule has 0 aliphatic heterocycles. The maximum atomic E-state index is 4.24. The molecule has 1 aromatic rings. The molecule has 0 spiro atoms. The molecule has 4 heteroatoms. The number of aromatic nitrogens is 2. The van der Waals surface area contributed by atoms with Crippen molar-refractivity contribution in [1.82, 2.24) is 9.97 Å². The molecule has 1 saturated carbocycles. The molecule has 2 rings (SSSR count).